The zero-order valence-corrected chi connectivity index (χ0v) is 16.6. The molecule has 1 fully saturated rings. The van der Waals surface area contributed by atoms with Crippen molar-refractivity contribution in [2.45, 2.75) is 12.5 Å². The van der Waals surface area contributed by atoms with E-state index >= 15 is 0 Å². The van der Waals surface area contributed by atoms with Gasteiger partial charge in [-0.3, -0.25) is 9.78 Å². The number of nitrogens with zero attached hydrogens (tertiary/aromatic N) is 3. The third kappa shape index (κ3) is 3.34. The Kier molecular flexibility index (Phi) is 5.01. The van der Waals surface area contributed by atoms with Crippen LogP contribution in [0.15, 0.2) is 54.7 Å². The molecule has 0 N–H and O–H groups in total. The molecule has 1 saturated heterocycles. The van der Waals surface area contributed by atoms with Gasteiger partial charge in [-0.15, -0.1) is 0 Å². The standard InChI is InChI=1S/C23H25N3O2/c1-25-13-11-18(15-25)26(2)23(27)17-7-4-6-16(14-17)19-9-10-21(28-3)22-20(19)8-5-12-24-22/h4-10,12,14,18H,11,13,15H2,1-3H3/t18-/m0/s1. The molecule has 0 saturated carbocycles. The maximum Gasteiger partial charge on any atom is 0.253 e. The van der Waals surface area contributed by atoms with Gasteiger partial charge in [0.1, 0.15) is 11.3 Å². The fourth-order valence-electron chi connectivity index (χ4n) is 3.98. The molecule has 28 heavy (non-hydrogen) atoms. The van der Waals surface area contributed by atoms with Crippen LogP contribution in [0.4, 0.5) is 0 Å². The van der Waals surface area contributed by atoms with Gasteiger partial charge in [0.15, 0.2) is 0 Å². The summed E-state index contributed by atoms with van der Waals surface area (Å²) in [6.07, 6.45) is 2.79. The average molecular weight is 375 g/mol. The van der Waals surface area contributed by atoms with Crippen molar-refractivity contribution in [3.05, 3.63) is 60.3 Å². The summed E-state index contributed by atoms with van der Waals surface area (Å²) in [4.78, 5) is 21.7. The van der Waals surface area contributed by atoms with Gasteiger partial charge in [-0.25, -0.2) is 0 Å². The number of pyridine rings is 1. The molecule has 144 valence electrons. The number of rotatable bonds is 4. The van der Waals surface area contributed by atoms with E-state index in [9.17, 15) is 4.79 Å². The number of benzene rings is 2. The number of carbonyl (C=O) groups excluding carboxylic acids is 1. The maximum absolute atomic E-state index is 13.1. The molecule has 4 rings (SSSR count). The highest BCUT2D eigenvalue weighted by Crippen LogP contribution is 2.33. The Balaban J connectivity index is 1.70. The summed E-state index contributed by atoms with van der Waals surface area (Å²) in [5, 5.41) is 1.01. The molecular formula is C23H25N3O2. The molecular weight excluding hydrogens is 350 g/mol. The number of likely N-dealkylation sites (N-methyl/N-ethyl adjacent to an activating group) is 2. The second-order valence-corrected chi connectivity index (χ2v) is 7.42. The number of ether oxygens (including phenoxy) is 1. The third-order valence-electron chi connectivity index (χ3n) is 5.61. The zero-order valence-electron chi connectivity index (χ0n) is 16.6. The van der Waals surface area contributed by atoms with E-state index in [-0.39, 0.29) is 11.9 Å². The van der Waals surface area contributed by atoms with Crippen LogP contribution in [-0.2, 0) is 0 Å². The van der Waals surface area contributed by atoms with E-state index in [0.29, 0.717) is 5.56 Å². The van der Waals surface area contributed by atoms with E-state index in [0.717, 1.165) is 47.3 Å². The first kappa shape index (κ1) is 18.4. The Labute approximate surface area is 165 Å². The van der Waals surface area contributed by atoms with E-state index in [1.807, 2.05) is 60.5 Å². The fourth-order valence-corrected chi connectivity index (χ4v) is 3.98. The van der Waals surface area contributed by atoms with Crippen molar-refractivity contribution in [2.75, 3.05) is 34.3 Å². The molecule has 1 atom stereocenters. The molecule has 1 aliphatic heterocycles. The second kappa shape index (κ2) is 7.60. The number of methoxy groups -OCH3 is 1. The smallest absolute Gasteiger partial charge is 0.253 e. The monoisotopic (exact) mass is 375 g/mol. The summed E-state index contributed by atoms with van der Waals surface area (Å²) in [5.74, 6) is 0.815. The number of aromatic nitrogens is 1. The van der Waals surface area contributed by atoms with Crippen molar-refractivity contribution >= 4 is 16.8 Å². The minimum atomic E-state index is 0.0677. The Morgan fingerprint density at radius 2 is 2.07 bits per heavy atom. The van der Waals surface area contributed by atoms with Gasteiger partial charge in [0.2, 0.25) is 0 Å². The van der Waals surface area contributed by atoms with Crippen LogP contribution < -0.4 is 4.74 Å². The number of likely N-dealkylation sites (tertiary alicyclic amines) is 1. The summed E-state index contributed by atoms with van der Waals surface area (Å²) in [5.41, 5.74) is 3.58. The SMILES string of the molecule is COc1ccc(-c2cccc(C(=O)N(C)[C@H]3CCN(C)C3)c2)c2cccnc12. The summed E-state index contributed by atoms with van der Waals surface area (Å²) >= 11 is 0. The van der Waals surface area contributed by atoms with E-state index in [1.54, 1.807) is 13.3 Å². The first-order valence-electron chi connectivity index (χ1n) is 9.56. The van der Waals surface area contributed by atoms with Gasteiger partial charge in [0.05, 0.1) is 7.11 Å². The van der Waals surface area contributed by atoms with E-state index in [1.165, 1.54) is 0 Å². The van der Waals surface area contributed by atoms with Crippen LogP contribution in [-0.4, -0.2) is 61.0 Å². The highest BCUT2D eigenvalue weighted by Gasteiger charge is 2.27. The van der Waals surface area contributed by atoms with Crippen LogP contribution >= 0.6 is 0 Å². The average Bonchev–Trinajstić information content (AvgIpc) is 3.18. The van der Waals surface area contributed by atoms with Crippen LogP contribution in [0.5, 0.6) is 5.75 Å². The van der Waals surface area contributed by atoms with Gasteiger partial charge in [0, 0.05) is 36.8 Å². The fraction of sp³-hybridized carbons (Fsp3) is 0.304. The molecule has 3 aromatic rings. The van der Waals surface area contributed by atoms with Gasteiger partial charge in [0.25, 0.3) is 5.91 Å². The van der Waals surface area contributed by atoms with Crippen molar-refractivity contribution < 1.29 is 9.53 Å². The lowest BCUT2D eigenvalue weighted by Gasteiger charge is -2.24. The van der Waals surface area contributed by atoms with Crippen LogP contribution in [0, 0.1) is 0 Å². The lowest BCUT2D eigenvalue weighted by Crippen LogP contribution is -2.38. The van der Waals surface area contributed by atoms with Crippen LogP contribution in [0.3, 0.4) is 0 Å². The molecule has 1 aromatic heterocycles. The van der Waals surface area contributed by atoms with Crippen LogP contribution in [0.25, 0.3) is 22.0 Å². The Hall–Kier alpha value is -2.92. The van der Waals surface area contributed by atoms with Crippen molar-refractivity contribution in [1.29, 1.82) is 0 Å². The number of hydrogen-bond donors (Lipinski definition) is 0. The second-order valence-electron chi connectivity index (χ2n) is 7.42. The highest BCUT2D eigenvalue weighted by molar-refractivity contribution is 6.00. The Morgan fingerprint density at radius 3 is 2.82 bits per heavy atom. The third-order valence-corrected chi connectivity index (χ3v) is 5.61. The van der Waals surface area contributed by atoms with Gasteiger partial charge < -0.3 is 14.5 Å². The molecule has 5 nitrogen and oxygen atoms in total. The van der Waals surface area contributed by atoms with E-state index in [4.69, 9.17) is 4.74 Å². The van der Waals surface area contributed by atoms with Crippen molar-refractivity contribution in [1.82, 2.24) is 14.8 Å². The number of hydrogen-bond acceptors (Lipinski definition) is 4. The molecule has 1 aliphatic rings. The summed E-state index contributed by atoms with van der Waals surface area (Å²) in [7, 11) is 5.66. The molecule has 5 heteroatoms. The van der Waals surface area contributed by atoms with E-state index in [2.05, 4.69) is 16.9 Å². The summed E-state index contributed by atoms with van der Waals surface area (Å²) < 4.78 is 5.45. The van der Waals surface area contributed by atoms with Crippen molar-refractivity contribution in [3.63, 3.8) is 0 Å². The Morgan fingerprint density at radius 1 is 1.21 bits per heavy atom. The number of amides is 1. The van der Waals surface area contributed by atoms with Crippen molar-refractivity contribution in [3.8, 4) is 16.9 Å². The highest BCUT2D eigenvalue weighted by atomic mass is 16.5. The van der Waals surface area contributed by atoms with Gasteiger partial charge in [-0.2, -0.15) is 0 Å². The molecule has 0 bridgehead atoms. The maximum atomic E-state index is 13.1. The summed E-state index contributed by atoms with van der Waals surface area (Å²) in [6.45, 7) is 1.96. The minimum Gasteiger partial charge on any atom is -0.494 e. The zero-order chi connectivity index (χ0) is 19.7. The lowest BCUT2D eigenvalue weighted by molar-refractivity contribution is 0.0737. The van der Waals surface area contributed by atoms with Gasteiger partial charge in [-0.1, -0.05) is 18.2 Å². The van der Waals surface area contributed by atoms with Gasteiger partial charge >= 0.3 is 0 Å². The van der Waals surface area contributed by atoms with Crippen molar-refractivity contribution in [2.24, 2.45) is 0 Å². The molecule has 0 unspecified atom stereocenters. The van der Waals surface area contributed by atoms with Crippen LogP contribution in [0.2, 0.25) is 0 Å². The molecule has 2 heterocycles. The topological polar surface area (TPSA) is 45.7 Å². The molecule has 2 aromatic carbocycles. The van der Waals surface area contributed by atoms with E-state index < -0.39 is 0 Å². The predicted molar refractivity (Wildman–Crippen MR) is 112 cm³/mol. The molecule has 0 aliphatic carbocycles. The number of fused-ring (bicyclic) bond motifs is 1. The number of carbonyl (C=O) groups is 1. The predicted octanol–water partition coefficient (Wildman–Crippen LogP) is 3.69. The Bertz CT molecular complexity index is 1020. The summed E-state index contributed by atoms with van der Waals surface area (Å²) in [6, 6.07) is 16.0. The minimum absolute atomic E-state index is 0.0677. The van der Waals surface area contributed by atoms with Crippen LogP contribution in [0.1, 0.15) is 16.8 Å². The first-order valence-corrected chi connectivity index (χ1v) is 9.56. The first-order chi connectivity index (χ1) is 13.6. The lowest BCUT2D eigenvalue weighted by atomic mass is 9.98. The largest absolute Gasteiger partial charge is 0.494 e. The molecule has 0 radical (unpaired) electrons. The molecule has 0 spiro atoms. The molecule has 1 amide bonds. The normalized spacial score (nSPS) is 17.0. The van der Waals surface area contributed by atoms with Gasteiger partial charge in [-0.05, 0) is 61.5 Å². The quantitative estimate of drug-likeness (QED) is 0.698.